The van der Waals surface area contributed by atoms with Crippen LogP contribution in [0.5, 0.6) is 0 Å². The maximum Gasteiger partial charge on any atom is 0.471 e. The fourth-order valence-corrected chi connectivity index (χ4v) is 2.84. The average molecular weight is 432 g/mol. The van der Waals surface area contributed by atoms with Gasteiger partial charge in [0.05, 0.1) is 12.5 Å². The maximum absolute atomic E-state index is 12.2. The molecule has 0 saturated heterocycles. The third-order valence-corrected chi connectivity index (χ3v) is 4.36. The molecule has 0 aliphatic carbocycles. The van der Waals surface area contributed by atoms with Gasteiger partial charge in [-0.05, 0) is 44.7 Å². The van der Waals surface area contributed by atoms with Crippen LogP contribution in [-0.2, 0) is 19.1 Å². The molecular formula is C20H27F3N2O5. The number of carbonyl (C=O) groups excluding carboxylic acids is 2. The molecule has 2 atom stereocenters. The molecule has 1 rings (SSSR count). The van der Waals surface area contributed by atoms with Crippen LogP contribution < -0.4 is 10.6 Å². The first kappa shape index (κ1) is 25.4. The van der Waals surface area contributed by atoms with Gasteiger partial charge in [0.1, 0.15) is 6.04 Å². The molecular weight excluding hydrogens is 405 g/mol. The van der Waals surface area contributed by atoms with E-state index in [1.54, 1.807) is 36.5 Å². The molecule has 1 aromatic carbocycles. The highest BCUT2D eigenvalue weighted by Gasteiger charge is 2.38. The van der Waals surface area contributed by atoms with Crippen molar-refractivity contribution in [3.05, 3.63) is 35.9 Å². The van der Waals surface area contributed by atoms with Crippen molar-refractivity contribution in [2.45, 2.75) is 50.7 Å². The van der Waals surface area contributed by atoms with Crippen LogP contribution in [0.15, 0.2) is 30.3 Å². The number of alkyl halides is 3. The fourth-order valence-electron chi connectivity index (χ4n) is 2.84. The van der Waals surface area contributed by atoms with E-state index in [4.69, 9.17) is 4.74 Å². The SMILES string of the molecule is CCOC(=O)[C@H](CCN[C@@H](CCCCNC(=O)C(F)(F)F)C(=O)O)c1ccccc1. The largest absolute Gasteiger partial charge is 0.480 e. The van der Waals surface area contributed by atoms with E-state index >= 15 is 0 Å². The summed E-state index contributed by atoms with van der Waals surface area (Å²) in [4.78, 5) is 34.4. The number of rotatable bonds is 13. The van der Waals surface area contributed by atoms with Crippen molar-refractivity contribution in [2.24, 2.45) is 0 Å². The van der Waals surface area contributed by atoms with Gasteiger partial charge in [-0.3, -0.25) is 14.4 Å². The molecule has 168 valence electrons. The summed E-state index contributed by atoms with van der Waals surface area (Å²) in [6.07, 6.45) is -3.91. The van der Waals surface area contributed by atoms with Gasteiger partial charge in [-0.2, -0.15) is 13.2 Å². The van der Waals surface area contributed by atoms with Crippen molar-refractivity contribution in [2.75, 3.05) is 19.7 Å². The predicted octanol–water partition coefficient (Wildman–Crippen LogP) is 2.62. The van der Waals surface area contributed by atoms with Crippen LogP contribution in [0.25, 0.3) is 0 Å². The number of hydrogen-bond acceptors (Lipinski definition) is 5. The standard InChI is InChI=1S/C20H27F3N2O5/c1-2-30-18(28)15(14-8-4-3-5-9-14)11-13-24-16(17(26)27)10-6-7-12-25-19(29)20(21,22)23/h3-5,8-9,15-16,24H,2,6-7,10-13H2,1H3,(H,25,29)(H,26,27)/t15-,16+/m1/s1. The summed E-state index contributed by atoms with van der Waals surface area (Å²) in [6, 6.07) is 8.10. The zero-order chi connectivity index (χ0) is 22.6. The molecule has 7 nitrogen and oxygen atoms in total. The first-order chi connectivity index (χ1) is 14.2. The number of carbonyl (C=O) groups is 3. The van der Waals surface area contributed by atoms with Gasteiger partial charge in [0, 0.05) is 6.54 Å². The Morgan fingerprint density at radius 2 is 1.73 bits per heavy atom. The summed E-state index contributed by atoms with van der Waals surface area (Å²) in [5, 5.41) is 13.9. The zero-order valence-electron chi connectivity index (χ0n) is 16.7. The molecule has 0 bridgehead atoms. The van der Waals surface area contributed by atoms with Gasteiger partial charge >= 0.3 is 24.0 Å². The number of benzene rings is 1. The Hall–Kier alpha value is -2.62. The molecule has 1 aromatic rings. The van der Waals surface area contributed by atoms with Crippen LogP contribution in [-0.4, -0.2) is 54.9 Å². The minimum Gasteiger partial charge on any atom is -0.480 e. The molecule has 0 radical (unpaired) electrons. The van der Waals surface area contributed by atoms with E-state index in [9.17, 15) is 32.7 Å². The molecule has 30 heavy (non-hydrogen) atoms. The molecule has 10 heteroatoms. The predicted molar refractivity (Wildman–Crippen MR) is 103 cm³/mol. The molecule has 0 heterocycles. The third kappa shape index (κ3) is 9.25. The van der Waals surface area contributed by atoms with Crippen molar-refractivity contribution in [1.82, 2.24) is 10.6 Å². The minimum absolute atomic E-state index is 0.173. The van der Waals surface area contributed by atoms with Gasteiger partial charge in [0.15, 0.2) is 0 Å². The lowest BCUT2D eigenvalue weighted by Gasteiger charge is -2.19. The number of halogens is 3. The summed E-state index contributed by atoms with van der Waals surface area (Å²) in [7, 11) is 0. The molecule has 0 aliphatic rings. The fraction of sp³-hybridized carbons (Fsp3) is 0.550. The van der Waals surface area contributed by atoms with Crippen molar-refractivity contribution in [3.63, 3.8) is 0 Å². The second kappa shape index (κ2) is 12.8. The Morgan fingerprint density at radius 1 is 1.07 bits per heavy atom. The average Bonchev–Trinajstić information content (AvgIpc) is 2.69. The number of amides is 1. The van der Waals surface area contributed by atoms with Crippen LogP contribution in [0.3, 0.4) is 0 Å². The quantitative estimate of drug-likeness (QED) is 0.327. The van der Waals surface area contributed by atoms with Gasteiger partial charge in [0.2, 0.25) is 0 Å². The van der Waals surface area contributed by atoms with Gasteiger partial charge in [-0.25, -0.2) is 0 Å². The van der Waals surface area contributed by atoms with E-state index < -0.39 is 36.0 Å². The Morgan fingerprint density at radius 3 is 2.30 bits per heavy atom. The lowest BCUT2D eigenvalue weighted by molar-refractivity contribution is -0.173. The van der Waals surface area contributed by atoms with Gasteiger partial charge < -0.3 is 20.5 Å². The number of carboxylic acid groups (broad SMARTS) is 1. The van der Waals surface area contributed by atoms with Gasteiger partial charge in [0.25, 0.3) is 0 Å². The smallest absolute Gasteiger partial charge is 0.471 e. The topological polar surface area (TPSA) is 105 Å². The molecule has 0 unspecified atom stereocenters. The summed E-state index contributed by atoms with van der Waals surface area (Å²) in [6.45, 7) is 1.98. The second-order valence-electron chi connectivity index (χ2n) is 6.60. The molecule has 0 aromatic heterocycles. The summed E-state index contributed by atoms with van der Waals surface area (Å²) in [5.41, 5.74) is 0.769. The maximum atomic E-state index is 12.2. The molecule has 1 amide bonds. The van der Waals surface area contributed by atoms with Crippen molar-refractivity contribution in [3.8, 4) is 0 Å². The van der Waals surface area contributed by atoms with Crippen LogP contribution in [0.1, 0.15) is 44.1 Å². The lowest BCUT2D eigenvalue weighted by Crippen LogP contribution is -2.39. The van der Waals surface area contributed by atoms with E-state index in [1.165, 1.54) is 0 Å². The zero-order valence-corrected chi connectivity index (χ0v) is 16.7. The number of aliphatic carboxylic acids is 1. The van der Waals surface area contributed by atoms with E-state index in [0.29, 0.717) is 12.8 Å². The summed E-state index contributed by atoms with van der Waals surface area (Å²) >= 11 is 0. The molecule has 0 spiro atoms. The van der Waals surface area contributed by atoms with Crippen molar-refractivity contribution < 1.29 is 37.4 Å². The number of carboxylic acids is 1. The Kier molecular flexibility index (Phi) is 10.9. The molecule has 0 aliphatic heterocycles. The number of hydrogen-bond donors (Lipinski definition) is 3. The highest BCUT2D eigenvalue weighted by molar-refractivity contribution is 5.81. The normalized spacial score (nSPS) is 13.3. The first-order valence-electron chi connectivity index (χ1n) is 9.69. The summed E-state index contributed by atoms with van der Waals surface area (Å²) in [5.74, 6) is -4.04. The van der Waals surface area contributed by atoms with Gasteiger partial charge in [-0.1, -0.05) is 30.3 Å². The Labute approximate surface area is 173 Å². The second-order valence-corrected chi connectivity index (χ2v) is 6.60. The van der Waals surface area contributed by atoms with Crippen LogP contribution in [0.2, 0.25) is 0 Å². The van der Waals surface area contributed by atoms with E-state index in [1.807, 2.05) is 6.07 Å². The number of ether oxygens (including phenoxy) is 1. The molecule has 3 N–H and O–H groups in total. The minimum atomic E-state index is -4.93. The van der Waals surface area contributed by atoms with Crippen LogP contribution in [0, 0.1) is 0 Å². The monoisotopic (exact) mass is 432 g/mol. The number of unbranched alkanes of at least 4 members (excludes halogenated alkanes) is 1. The third-order valence-electron chi connectivity index (χ3n) is 4.36. The van der Waals surface area contributed by atoms with Crippen molar-refractivity contribution >= 4 is 17.8 Å². The Bertz CT molecular complexity index is 683. The number of esters is 1. The van der Waals surface area contributed by atoms with Gasteiger partial charge in [-0.15, -0.1) is 0 Å². The first-order valence-corrected chi connectivity index (χ1v) is 9.69. The highest BCUT2D eigenvalue weighted by Crippen LogP contribution is 2.21. The van der Waals surface area contributed by atoms with E-state index in [2.05, 4.69) is 5.32 Å². The van der Waals surface area contributed by atoms with E-state index in [0.717, 1.165) is 5.56 Å². The Balaban J connectivity index is 2.47. The highest BCUT2D eigenvalue weighted by atomic mass is 19.4. The van der Waals surface area contributed by atoms with Crippen LogP contribution >= 0.6 is 0 Å². The molecule has 0 fully saturated rings. The van der Waals surface area contributed by atoms with E-state index in [-0.39, 0.29) is 32.5 Å². The molecule has 0 saturated carbocycles. The van der Waals surface area contributed by atoms with Crippen LogP contribution in [0.4, 0.5) is 13.2 Å². The lowest BCUT2D eigenvalue weighted by atomic mass is 9.95. The number of nitrogens with one attached hydrogen (secondary N) is 2. The summed E-state index contributed by atoms with van der Waals surface area (Å²) < 4.78 is 41.4. The van der Waals surface area contributed by atoms with Crippen molar-refractivity contribution in [1.29, 1.82) is 0 Å².